The molecule has 30 heavy (non-hydrogen) atoms. The third-order valence-corrected chi connectivity index (χ3v) is 6.12. The molecule has 0 spiro atoms. The summed E-state index contributed by atoms with van der Waals surface area (Å²) in [5, 5.41) is 6.54. The number of hydrogen-bond acceptors (Lipinski definition) is 5. The molecule has 0 saturated heterocycles. The summed E-state index contributed by atoms with van der Waals surface area (Å²) in [6, 6.07) is 12.9. The molecule has 154 valence electrons. The SMILES string of the molecule is CCN(CC)c1cc(Nc2nc(-c3ccc(-n4ccnc4)cc3)cs2)c(C)cc1C. The number of imidazole rings is 1. The number of thiazole rings is 1. The first-order valence-electron chi connectivity index (χ1n) is 10.3. The Morgan fingerprint density at radius 2 is 1.80 bits per heavy atom. The Morgan fingerprint density at radius 1 is 1.03 bits per heavy atom. The van der Waals surface area contributed by atoms with E-state index in [9.17, 15) is 0 Å². The zero-order chi connectivity index (χ0) is 21.1. The van der Waals surface area contributed by atoms with Gasteiger partial charge in [-0.3, -0.25) is 0 Å². The van der Waals surface area contributed by atoms with Crippen LogP contribution in [0.25, 0.3) is 16.9 Å². The molecular weight excluding hydrogens is 390 g/mol. The average molecular weight is 418 g/mol. The van der Waals surface area contributed by atoms with Crippen molar-refractivity contribution in [2.24, 2.45) is 0 Å². The summed E-state index contributed by atoms with van der Waals surface area (Å²) in [6.45, 7) is 10.7. The van der Waals surface area contributed by atoms with Gasteiger partial charge in [0.1, 0.15) is 0 Å². The predicted molar refractivity (Wildman–Crippen MR) is 127 cm³/mol. The number of aryl methyl sites for hydroxylation is 2. The number of aromatic nitrogens is 3. The van der Waals surface area contributed by atoms with Crippen molar-refractivity contribution in [2.75, 3.05) is 23.3 Å². The van der Waals surface area contributed by atoms with E-state index in [1.165, 1.54) is 16.8 Å². The van der Waals surface area contributed by atoms with E-state index in [1.807, 2.05) is 10.8 Å². The first-order valence-corrected chi connectivity index (χ1v) is 11.1. The van der Waals surface area contributed by atoms with Gasteiger partial charge in [0.15, 0.2) is 5.13 Å². The number of nitrogens with one attached hydrogen (secondary N) is 1. The Morgan fingerprint density at radius 3 is 2.47 bits per heavy atom. The van der Waals surface area contributed by atoms with Crippen molar-refractivity contribution in [1.82, 2.24) is 14.5 Å². The van der Waals surface area contributed by atoms with Crippen LogP contribution in [0.5, 0.6) is 0 Å². The molecule has 0 fully saturated rings. The summed E-state index contributed by atoms with van der Waals surface area (Å²) in [7, 11) is 0. The van der Waals surface area contributed by atoms with Crippen molar-refractivity contribution in [3.05, 3.63) is 71.6 Å². The molecule has 4 rings (SSSR count). The lowest BCUT2D eigenvalue weighted by atomic mass is 10.1. The molecule has 0 aliphatic carbocycles. The summed E-state index contributed by atoms with van der Waals surface area (Å²) in [5.41, 5.74) is 8.09. The normalized spacial score (nSPS) is 10.9. The molecule has 0 radical (unpaired) electrons. The van der Waals surface area contributed by atoms with Gasteiger partial charge in [0.05, 0.1) is 12.0 Å². The fraction of sp³-hybridized carbons (Fsp3) is 0.250. The van der Waals surface area contributed by atoms with Crippen LogP contribution in [0.2, 0.25) is 0 Å². The van der Waals surface area contributed by atoms with Crippen LogP contribution >= 0.6 is 11.3 Å². The van der Waals surface area contributed by atoms with Crippen LogP contribution in [-0.2, 0) is 0 Å². The Kier molecular flexibility index (Phi) is 5.86. The number of benzene rings is 2. The molecule has 0 saturated carbocycles. The molecule has 0 aliphatic heterocycles. The van der Waals surface area contributed by atoms with Crippen LogP contribution in [-0.4, -0.2) is 27.6 Å². The maximum atomic E-state index is 4.82. The van der Waals surface area contributed by atoms with Crippen LogP contribution in [0.3, 0.4) is 0 Å². The predicted octanol–water partition coefficient (Wildman–Crippen LogP) is 6.20. The van der Waals surface area contributed by atoms with Crippen molar-refractivity contribution in [2.45, 2.75) is 27.7 Å². The fourth-order valence-electron chi connectivity index (χ4n) is 3.68. The third kappa shape index (κ3) is 4.09. The minimum atomic E-state index is 0.904. The lowest BCUT2D eigenvalue weighted by molar-refractivity contribution is 0.861. The number of nitrogens with zero attached hydrogens (tertiary/aromatic N) is 4. The topological polar surface area (TPSA) is 46.0 Å². The van der Waals surface area contributed by atoms with E-state index in [0.717, 1.165) is 40.9 Å². The summed E-state index contributed by atoms with van der Waals surface area (Å²) in [6.07, 6.45) is 5.53. The van der Waals surface area contributed by atoms with Gasteiger partial charge < -0.3 is 14.8 Å². The van der Waals surface area contributed by atoms with Crippen LogP contribution in [0.1, 0.15) is 25.0 Å². The summed E-state index contributed by atoms with van der Waals surface area (Å²) in [5.74, 6) is 0. The van der Waals surface area contributed by atoms with Gasteiger partial charge in [-0.25, -0.2) is 9.97 Å². The molecule has 0 amide bonds. The average Bonchev–Trinajstić information content (AvgIpc) is 3.44. The molecule has 2 aromatic heterocycles. The van der Waals surface area contributed by atoms with E-state index < -0.39 is 0 Å². The van der Waals surface area contributed by atoms with E-state index in [-0.39, 0.29) is 0 Å². The van der Waals surface area contributed by atoms with Crippen molar-refractivity contribution in [3.63, 3.8) is 0 Å². The maximum Gasteiger partial charge on any atom is 0.187 e. The van der Waals surface area contributed by atoms with Crippen LogP contribution in [0.15, 0.2) is 60.5 Å². The monoisotopic (exact) mass is 417 g/mol. The number of anilines is 3. The number of hydrogen-bond donors (Lipinski definition) is 1. The van der Waals surface area contributed by atoms with Crippen LogP contribution < -0.4 is 10.2 Å². The molecule has 2 heterocycles. The second-order valence-electron chi connectivity index (χ2n) is 7.31. The molecule has 0 unspecified atom stereocenters. The molecular formula is C24H27N5S. The Bertz CT molecular complexity index is 1110. The summed E-state index contributed by atoms with van der Waals surface area (Å²) < 4.78 is 1.99. The molecule has 6 heteroatoms. The first kappa shape index (κ1) is 20.2. The molecule has 2 aromatic carbocycles. The minimum Gasteiger partial charge on any atom is -0.372 e. The molecule has 1 N–H and O–H groups in total. The highest BCUT2D eigenvalue weighted by Crippen LogP contribution is 2.32. The maximum absolute atomic E-state index is 4.82. The first-order chi connectivity index (χ1) is 14.6. The molecule has 4 aromatic rings. The summed E-state index contributed by atoms with van der Waals surface area (Å²) >= 11 is 1.63. The van der Waals surface area contributed by atoms with Crippen molar-refractivity contribution in [1.29, 1.82) is 0 Å². The lowest BCUT2D eigenvalue weighted by Gasteiger charge is -2.24. The van der Waals surface area contributed by atoms with E-state index in [2.05, 4.69) is 84.7 Å². The van der Waals surface area contributed by atoms with Crippen molar-refractivity contribution < 1.29 is 0 Å². The van der Waals surface area contributed by atoms with Gasteiger partial charge in [-0.05, 0) is 57.0 Å². The van der Waals surface area contributed by atoms with Gasteiger partial charge in [-0.15, -0.1) is 11.3 Å². The van der Waals surface area contributed by atoms with Gasteiger partial charge >= 0.3 is 0 Å². The zero-order valence-corrected chi connectivity index (χ0v) is 18.7. The van der Waals surface area contributed by atoms with Crippen LogP contribution in [0.4, 0.5) is 16.5 Å². The zero-order valence-electron chi connectivity index (χ0n) is 17.9. The largest absolute Gasteiger partial charge is 0.372 e. The fourth-order valence-corrected chi connectivity index (χ4v) is 4.41. The van der Waals surface area contributed by atoms with Gasteiger partial charge in [0.25, 0.3) is 0 Å². The van der Waals surface area contributed by atoms with E-state index in [0.29, 0.717) is 0 Å². The van der Waals surface area contributed by atoms with E-state index in [1.54, 1.807) is 23.9 Å². The smallest absolute Gasteiger partial charge is 0.187 e. The highest BCUT2D eigenvalue weighted by Gasteiger charge is 2.11. The minimum absolute atomic E-state index is 0.904. The van der Waals surface area contributed by atoms with Crippen molar-refractivity contribution >= 4 is 27.8 Å². The van der Waals surface area contributed by atoms with E-state index >= 15 is 0 Å². The lowest BCUT2D eigenvalue weighted by Crippen LogP contribution is -2.22. The Balaban J connectivity index is 1.56. The second kappa shape index (κ2) is 8.71. The molecule has 0 atom stereocenters. The Labute approximate surface area is 182 Å². The van der Waals surface area contributed by atoms with Crippen molar-refractivity contribution in [3.8, 4) is 16.9 Å². The van der Waals surface area contributed by atoms with Crippen LogP contribution in [0, 0.1) is 13.8 Å². The highest BCUT2D eigenvalue weighted by atomic mass is 32.1. The third-order valence-electron chi connectivity index (χ3n) is 5.36. The van der Waals surface area contributed by atoms with Gasteiger partial charge in [-0.1, -0.05) is 18.2 Å². The van der Waals surface area contributed by atoms with Gasteiger partial charge in [0, 0.05) is 53.5 Å². The van der Waals surface area contributed by atoms with E-state index in [4.69, 9.17) is 4.98 Å². The Hall–Kier alpha value is -3.12. The quantitative estimate of drug-likeness (QED) is 0.389. The second-order valence-corrected chi connectivity index (χ2v) is 8.16. The highest BCUT2D eigenvalue weighted by molar-refractivity contribution is 7.14. The molecule has 0 aliphatic rings. The standard InChI is InChI=1S/C24H27N5S/c1-5-28(6-2)23-14-21(17(3)13-18(23)4)26-24-27-22(15-30-24)19-7-9-20(10-8-19)29-12-11-25-16-29/h7-16H,5-6H2,1-4H3,(H,26,27). The summed E-state index contributed by atoms with van der Waals surface area (Å²) in [4.78, 5) is 11.3. The molecule has 0 bridgehead atoms. The van der Waals surface area contributed by atoms with Gasteiger partial charge in [-0.2, -0.15) is 0 Å². The van der Waals surface area contributed by atoms with Gasteiger partial charge in [0.2, 0.25) is 0 Å². The molecule has 5 nitrogen and oxygen atoms in total. The number of rotatable bonds is 7.